The number of nitrogens with zero attached hydrogens (tertiary/aromatic N) is 5. The van der Waals surface area contributed by atoms with Crippen LogP contribution in [0.2, 0.25) is 0 Å². The van der Waals surface area contributed by atoms with E-state index in [1.54, 1.807) is 30.3 Å². The molecule has 3 rings (SSSR count). The first-order valence-corrected chi connectivity index (χ1v) is 7.80. The van der Waals surface area contributed by atoms with Crippen molar-refractivity contribution in [3.63, 3.8) is 0 Å². The van der Waals surface area contributed by atoms with Gasteiger partial charge in [0, 0.05) is 17.7 Å². The van der Waals surface area contributed by atoms with E-state index in [1.807, 2.05) is 6.07 Å². The van der Waals surface area contributed by atoms with Crippen molar-refractivity contribution in [2.75, 3.05) is 5.43 Å². The van der Waals surface area contributed by atoms with E-state index in [2.05, 4.69) is 15.6 Å². The Morgan fingerprint density at radius 3 is 2.48 bits per heavy atom. The maximum atomic E-state index is 11.4. The number of non-ortho nitro benzene ring substituents is 1. The summed E-state index contributed by atoms with van der Waals surface area (Å²) < 4.78 is 1.39. The first-order valence-electron chi connectivity index (χ1n) is 7.80. The molecule has 0 aliphatic rings. The summed E-state index contributed by atoms with van der Waals surface area (Å²) in [6, 6.07) is 14.8. The zero-order valence-electron chi connectivity index (χ0n) is 14.1. The number of rotatable bonds is 6. The van der Waals surface area contributed by atoms with E-state index in [0.29, 0.717) is 11.3 Å². The van der Waals surface area contributed by atoms with Gasteiger partial charge in [-0.25, -0.2) is 4.68 Å². The van der Waals surface area contributed by atoms with Crippen molar-refractivity contribution in [3.8, 4) is 5.69 Å². The lowest BCUT2D eigenvalue weighted by molar-refractivity contribution is -0.384. The number of nitro benzene ring substituents is 1. The summed E-state index contributed by atoms with van der Waals surface area (Å²) in [5, 5.41) is 30.5. The number of hydrogen-bond acceptors (Lipinski definition) is 7. The van der Waals surface area contributed by atoms with Crippen LogP contribution in [0.25, 0.3) is 5.69 Å². The van der Waals surface area contributed by atoms with Gasteiger partial charge in [-0.1, -0.05) is 30.3 Å². The van der Waals surface area contributed by atoms with E-state index in [-0.39, 0.29) is 22.9 Å². The standard InChI is InChI=1S/C17H14N6O4/c1-12-16(23(26)27)17(21(20-12)14-7-3-2-4-8-14)19-18-11-13-6-5-9-15(10-13)22(24)25/h2-11,19H,1H3/b18-11-. The SMILES string of the molecule is Cc1nn(-c2ccccc2)c(N/N=C\c2cccc([N+](=O)[O-])c2)c1[N+](=O)[O-]. The van der Waals surface area contributed by atoms with Gasteiger partial charge in [-0.15, -0.1) is 0 Å². The fourth-order valence-electron chi connectivity index (χ4n) is 2.48. The average molecular weight is 366 g/mol. The number of benzene rings is 2. The van der Waals surface area contributed by atoms with Crippen LogP contribution in [0.4, 0.5) is 17.2 Å². The lowest BCUT2D eigenvalue weighted by atomic mass is 10.2. The molecule has 0 saturated heterocycles. The monoisotopic (exact) mass is 366 g/mol. The summed E-state index contributed by atoms with van der Waals surface area (Å²) in [5.74, 6) is 0.0883. The van der Waals surface area contributed by atoms with Gasteiger partial charge in [0.05, 0.1) is 21.7 Å². The molecule has 0 spiro atoms. The van der Waals surface area contributed by atoms with Crippen molar-refractivity contribution < 1.29 is 9.85 Å². The second kappa shape index (κ2) is 7.44. The van der Waals surface area contributed by atoms with Gasteiger partial charge in [-0.2, -0.15) is 10.2 Å². The predicted octanol–water partition coefficient (Wildman–Crippen LogP) is 3.44. The quantitative estimate of drug-likeness (QED) is 0.404. The summed E-state index contributed by atoms with van der Waals surface area (Å²) in [5.41, 5.74) is 3.70. The smallest absolute Gasteiger partial charge is 0.258 e. The molecule has 10 nitrogen and oxygen atoms in total. The first-order chi connectivity index (χ1) is 13.0. The molecular formula is C17H14N6O4. The number of hydrogen-bond donors (Lipinski definition) is 1. The van der Waals surface area contributed by atoms with Gasteiger partial charge in [0.15, 0.2) is 0 Å². The van der Waals surface area contributed by atoms with Crippen LogP contribution < -0.4 is 5.43 Å². The molecule has 0 saturated carbocycles. The largest absolute Gasteiger partial charge is 0.335 e. The average Bonchev–Trinajstić information content (AvgIpc) is 2.99. The Balaban J connectivity index is 1.95. The molecule has 0 radical (unpaired) electrons. The summed E-state index contributed by atoms with van der Waals surface area (Å²) in [4.78, 5) is 21.2. The Kier molecular flexibility index (Phi) is 4.88. The van der Waals surface area contributed by atoms with Gasteiger partial charge in [0.1, 0.15) is 5.69 Å². The van der Waals surface area contributed by atoms with Crippen molar-refractivity contribution in [1.82, 2.24) is 9.78 Å². The number of nitro groups is 2. The molecule has 0 aliphatic heterocycles. The topological polar surface area (TPSA) is 128 Å². The molecule has 0 amide bonds. The molecule has 0 unspecified atom stereocenters. The minimum atomic E-state index is -0.535. The minimum Gasteiger partial charge on any atom is -0.258 e. The Labute approximate surface area is 153 Å². The normalized spacial score (nSPS) is 10.9. The lowest BCUT2D eigenvalue weighted by Gasteiger charge is -2.05. The minimum absolute atomic E-state index is 0.0740. The molecule has 1 heterocycles. The van der Waals surface area contributed by atoms with E-state index in [9.17, 15) is 20.2 Å². The van der Waals surface area contributed by atoms with Crippen molar-refractivity contribution in [1.29, 1.82) is 0 Å². The third-order valence-electron chi connectivity index (χ3n) is 3.68. The third kappa shape index (κ3) is 3.79. The molecule has 27 heavy (non-hydrogen) atoms. The number of para-hydroxylation sites is 1. The van der Waals surface area contributed by atoms with E-state index in [4.69, 9.17) is 0 Å². The van der Waals surface area contributed by atoms with E-state index in [0.717, 1.165) is 0 Å². The first kappa shape index (κ1) is 17.7. The van der Waals surface area contributed by atoms with E-state index in [1.165, 1.54) is 36.0 Å². The van der Waals surface area contributed by atoms with Crippen LogP contribution in [0.1, 0.15) is 11.3 Å². The molecule has 2 aromatic carbocycles. The molecular weight excluding hydrogens is 352 g/mol. The Morgan fingerprint density at radius 2 is 1.81 bits per heavy atom. The number of nitrogens with one attached hydrogen (secondary N) is 1. The van der Waals surface area contributed by atoms with Gasteiger partial charge < -0.3 is 0 Å². The molecule has 3 aromatic rings. The van der Waals surface area contributed by atoms with Crippen LogP contribution in [0.15, 0.2) is 59.7 Å². The van der Waals surface area contributed by atoms with Crippen molar-refractivity contribution in [3.05, 3.63) is 86.1 Å². The number of aryl methyl sites for hydroxylation is 1. The molecule has 0 fully saturated rings. The summed E-state index contributed by atoms with van der Waals surface area (Å²) in [6.07, 6.45) is 1.34. The molecule has 136 valence electrons. The van der Waals surface area contributed by atoms with Crippen LogP contribution in [0.5, 0.6) is 0 Å². The predicted molar refractivity (Wildman–Crippen MR) is 99.3 cm³/mol. The van der Waals surface area contributed by atoms with Crippen LogP contribution in [0, 0.1) is 27.2 Å². The third-order valence-corrected chi connectivity index (χ3v) is 3.68. The van der Waals surface area contributed by atoms with Crippen LogP contribution in [-0.4, -0.2) is 25.8 Å². The zero-order chi connectivity index (χ0) is 19.4. The Morgan fingerprint density at radius 1 is 1.07 bits per heavy atom. The van der Waals surface area contributed by atoms with Gasteiger partial charge in [-0.3, -0.25) is 25.7 Å². The highest BCUT2D eigenvalue weighted by atomic mass is 16.6. The summed E-state index contributed by atoms with van der Waals surface area (Å²) in [6.45, 7) is 1.53. The van der Waals surface area contributed by atoms with Crippen molar-refractivity contribution >= 4 is 23.4 Å². The fourth-order valence-corrected chi connectivity index (χ4v) is 2.48. The lowest BCUT2D eigenvalue weighted by Crippen LogP contribution is -2.04. The number of aromatic nitrogens is 2. The maximum absolute atomic E-state index is 11.4. The highest BCUT2D eigenvalue weighted by molar-refractivity contribution is 5.81. The van der Waals surface area contributed by atoms with Gasteiger partial charge in [0.2, 0.25) is 5.82 Å². The number of hydrazone groups is 1. The van der Waals surface area contributed by atoms with Gasteiger partial charge in [-0.05, 0) is 19.1 Å². The molecule has 0 atom stereocenters. The Hall–Kier alpha value is -4.08. The van der Waals surface area contributed by atoms with Crippen molar-refractivity contribution in [2.45, 2.75) is 6.92 Å². The highest BCUT2D eigenvalue weighted by Gasteiger charge is 2.26. The molecule has 1 N–H and O–H groups in total. The van der Waals surface area contributed by atoms with Gasteiger partial charge in [0.25, 0.3) is 5.69 Å². The van der Waals surface area contributed by atoms with Crippen LogP contribution >= 0.6 is 0 Å². The molecule has 0 bridgehead atoms. The van der Waals surface area contributed by atoms with E-state index < -0.39 is 9.85 Å². The van der Waals surface area contributed by atoms with E-state index >= 15 is 0 Å². The van der Waals surface area contributed by atoms with Gasteiger partial charge >= 0.3 is 5.69 Å². The maximum Gasteiger partial charge on any atom is 0.335 e. The summed E-state index contributed by atoms with van der Waals surface area (Å²) in [7, 11) is 0. The second-order valence-corrected chi connectivity index (χ2v) is 5.51. The number of anilines is 1. The Bertz CT molecular complexity index is 1030. The zero-order valence-corrected chi connectivity index (χ0v) is 14.1. The summed E-state index contributed by atoms with van der Waals surface area (Å²) >= 11 is 0. The fraction of sp³-hybridized carbons (Fsp3) is 0.0588. The molecule has 1 aromatic heterocycles. The second-order valence-electron chi connectivity index (χ2n) is 5.51. The highest BCUT2D eigenvalue weighted by Crippen LogP contribution is 2.30. The van der Waals surface area contributed by atoms with Crippen LogP contribution in [0.3, 0.4) is 0 Å². The van der Waals surface area contributed by atoms with Crippen LogP contribution in [-0.2, 0) is 0 Å². The van der Waals surface area contributed by atoms with Crippen molar-refractivity contribution in [2.24, 2.45) is 5.10 Å². The molecule has 10 heteroatoms. The molecule has 0 aliphatic carbocycles.